The zero-order chi connectivity index (χ0) is 9.03. The van der Waals surface area contributed by atoms with Crippen LogP contribution in [-0.4, -0.2) is 23.4 Å². The summed E-state index contributed by atoms with van der Waals surface area (Å²) in [5, 5.41) is 1.94. The summed E-state index contributed by atoms with van der Waals surface area (Å²) in [6, 6.07) is 0. The number of allylic oxidation sites excluding steroid dienone is 2. The standard InChI is InChI=1S/C8H8ClNOS/c1-11-8(10-6-12)5-3-2-4-7(8)9/h2-5,7H,1H3. The number of hydrogen-bond donors (Lipinski definition) is 0. The molecule has 4 heteroatoms. The van der Waals surface area contributed by atoms with Crippen LogP contribution in [0.5, 0.6) is 0 Å². The number of ether oxygens (including phenoxy) is 1. The Morgan fingerprint density at radius 1 is 1.67 bits per heavy atom. The maximum absolute atomic E-state index is 5.98. The van der Waals surface area contributed by atoms with Crippen molar-refractivity contribution in [2.45, 2.75) is 11.1 Å². The minimum Gasteiger partial charge on any atom is -0.351 e. The molecule has 2 atom stereocenters. The Hall–Kier alpha value is -0.470. The molecule has 0 radical (unpaired) electrons. The van der Waals surface area contributed by atoms with E-state index in [-0.39, 0.29) is 5.38 Å². The van der Waals surface area contributed by atoms with Gasteiger partial charge in [-0.2, -0.15) is 4.99 Å². The molecular weight excluding hydrogens is 194 g/mol. The molecule has 0 saturated heterocycles. The Bertz CT molecular complexity index is 270. The van der Waals surface area contributed by atoms with Gasteiger partial charge in [0.15, 0.2) is 0 Å². The van der Waals surface area contributed by atoms with Gasteiger partial charge in [-0.25, -0.2) is 0 Å². The molecule has 0 bridgehead atoms. The normalized spacial score (nSPS) is 33.0. The first kappa shape index (κ1) is 9.62. The van der Waals surface area contributed by atoms with Gasteiger partial charge in [0.2, 0.25) is 5.72 Å². The van der Waals surface area contributed by atoms with Crippen LogP contribution >= 0.6 is 23.8 Å². The molecule has 0 heterocycles. The van der Waals surface area contributed by atoms with Gasteiger partial charge >= 0.3 is 0 Å². The summed E-state index contributed by atoms with van der Waals surface area (Å²) >= 11 is 10.5. The number of aliphatic imine (C=N–C) groups is 1. The average molecular weight is 202 g/mol. The fourth-order valence-electron chi connectivity index (χ4n) is 0.981. The number of rotatable bonds is 2. The van der Waals surface area contributed by atoms with Gasteiger partial charge in [0.25, 0.3) is 0 Å². The molecule has 2 unspecified atom stereocenters. The van der Waals surface area contributed by atoms with Gasteiger partial charge in [-0.3, -0.25) is 0 Å². The lowest BCUT2D eigenvalue weighted by Crippen LogP contribution is -2.37. The molecule has 1 aliphatic carbocycles. The molecular formula is C8H8ClNOS. The number of thiocarbonyl (C=S) groups is 1. The van der Waals surface area contributed by atoms with Crippen LogP contribution < -0.4 is 0 Å². The van der Waals surface area contributed by atoms with Crippen LogP contribution in [0.2, 0.25) is 0 Å². The van der Waals surface area contributed by atoms with Crippen molar-refractivity contribution in [3.05, 3.63) is 24.3 Å². The third kappa shape index (κ3) is 1.65. The van der Waals surface area contributed by atoms with Crippen LogP contribution in [0.1, 0.15) is 0 Å². The summed E-state index contributed by atoms with van der Waals surface area (Å²) in [4.78, 5) is 3.89. The van der Waals surface area contributed by atoms with E-state index in [2.05, 4.69) is 22.4 Å². The summed E-state index contributed by atoms with van der Waals surface area (Å²) in [6.07, 6.45) is 7.21. The molecule has 0 saturated carbocycles. The van der Waals surface area contributed by atoms with Crippen LogP contribution in [0, 0.1) is 0 Å². The van der Waals surface area contributed by atoms with E-state index in [4.69, 9.17) is 16.3 Å². The van der Waals surface area contributed by atoms with Gasteiger partial charge in [-0.05, 0) is 18.3 Å². The van der Waals surface area contributed by atoms with Crippen molar-refractivity contribution < 1.29 is 4.74 Å². The lowest BCUT2D eigenvalue weighted by Gasteiger charge is -2.28. The van der Waals surface area contributed by atoms with E-state index in [0.717, 1.165) is 0 Å². The van der Waals surface area contributed by atoms with E-state index in [1.807, 2.05) is 12.2 Å². The quantitative estimate of drug-likeness (QED) is 0.388. The topological polar surface area (TPSA) is 21.6 Å². The zero-order valence-electron chi connectivity index (χ0n) is 6.53. The van der Waals surface area contributed by atoms with Crippen molar-refractivity contribution in [2.24, 2.45) is 4.99 Å². The molecule has 64 valence electrons. The molecule has 0 amide bonds. The summed E-state index contributed by atoms with van der Waals surface area (Å²) in [6.45, 7) is 0. The first-order valence-electron chi connectivity index (χ1n) is 3.39. The van der Waals surface area contributed by atoms with Crippen molar-refractivity contribution in [2.75, 3.05) is 7.11 Å². The van der Waals surface area contributed by atoms with E-state index < -0.39 is 5.72 Å². The second-order valence-corrected chi connectivity index (χ2v) is 2.96. The number of methoxy groups -OCH3 is 1. The molecule has 2 nitrogen and oxygen atoms in total. The molecule has 0 fully saturated rings. The average Bonchev–Trinajstić information content (AvgIpc) is 2.10. The SMILES string of the molecule is COC1(N=C=S)C=CC=CC1Cl. The molecule has 1 aliphatic rings. The van der Waals surface area contributed by atoms with Crippen LogP contribution in [0.4, 0.5) is 0 Å². The lowest BCUT2D eigenvalue weighted by atomic mass is 10.1. The zero-order valence-corrected chi connectivity index (χ0v) is 8.10. The predicted molar refractivity (Wildman–Crippen MR) is 52.7 cm³/mol. The number of alkyl halides is 1. The van der Waals surface area contributed by atoms with Crippen LogP contribution in [-0.2, 0) is 4.74 Å². The maximum atomic E-state index is 5.98. The van der Waals surface area contributed by atoms with Gasteiger partial charge < -0.3 is 4.74 Å². The fraction of sp³-hybridized carbons (Fsp3) is 0.375. The largest absolute Gasteiger partial charge is 0.351 e. The van der Waals surface area contributed by atoms with E-state index in [1.165, 1.54) is 7.11 Å². The van der Waals surface area contributed by atoms with Gasteiger partial charge in [0.05, 0.1) is 5.16 Å². The van der Waals surface area contributed by atoms with Crippen LogP contribution in [0.15, 0.2) is 29.3 Å². The molecule has 0 aromatic carbocycles. The molecule has 0 aromatic rings. The number of nitrogens with zero attached hydrogens (tertiary/aromatic N) is 1. The molecule has 1 rings (SSSR count). The van der Waals surface area contributed by atoms with Crippen molar-refractivity contribution in [1.82, 2.24) is 0 Å². The smallest absolute Gasteiger partial charge is 0.207 e. The molecule has 0 aliphatic heterocycles. The predicted octanol–water partition coefficient (Wildman–Crippen LogP) is 2.17. The summed E-state index contributed by atoms with van der Waals surface area (Å²) in [5.74, 6) is 0. The molecule has 0 spiro atoms. The van der Waals surface area contributed by atoms with Gasteiger partial charge in [-0.1, -0.05) is 18.2 Å². The number of hydrogen-bond acceptors (Lipinski definition) is 3. The summed E-state index contributed by atoms with van der Waals surface area (Å²) < 4.78 is 5.17. The Kier molecular flexibility index (Phi) is 3.18. The fourth-order valence-corrected chi connectivity index (χ4v) is 1.42. The summed E-state index contributed by atoms with van der Waals surface area (Å²) in [7, 11) is 1.54. The van der Waals surface area contributed by atoms with Crippen molar-refractivity contribution >= 4 is 29.0 Å². The molecule has 12 heavy (non-hydrogen) atoms. The Labute approximate surface area is 81.6 Å². The highest BCUT2D eigenvalue weighted by atomic mass is 35.5. The van der Waals surface area contributed by atoms with E-state index in [0.29, 0.717) is 0 Å². The third-order valence-electron chi connectivity index (χ3n) is 1.67. The van der Waals surface area contributed by atoms with Crippen LogP contribution in [0.25, 0.3) is 0 Å². The van der Waals surface area contributed by atoms with Gasteiger partial charge in [0.1, 0.15) is 5.38 Å². The van der Waals surface area contributed by atoms with E-state index in [1.54, 1.807) is 12.2 Å². The Morgan fingerprint density at radius 3 is 2.92 bits per heavy atom. The number of halogens is 1. The van der Waals surface area contributed by atoms with E-state index >= 15 is 0 Å². The molecule has 0 N–H and O–H groups in total. The van der Waals surface area contributed by atoms with E-state index in [9.17, 15) is 0 Å². The first-order valence-corrected chi connectivity index (χ1v) is 4.24. The monoisotopic (exact) mass is 201 g/mol. The second kappa shape index (κ2) is 3.97. The minimum absolute atomic E-state index is 0.331. The highest BCUT2D eigenvalue weighted by Crippen LogP contribution is 2.27. The Morgan fingerprint density at radius 2 is 2.42 bits per heavy atom. The molecule has 0 aromatic heterocycles. The van der Waals surface area contributed by atoms with Gasteiger partial charge in [-0.15, -0.1) is 11.6 Å². The van der Waals surface area contributed by atoms with Gasteiger partial charge in [0, 0.05) is 7.11 Å². The highest BCUT2D eigenvalue weighted by molar-refractivity contribution is 7.78. The highest BCUT2D eigenvalue weighted by Gasteiger charge is 2.34. The Balaban J connectivity index is 2.99. The maximum Gasteiger partial charge on any atom is 0.207 e. The lowest BCUT2D eigenvalue weighted by molar-refractivity contribution is 0.0456. The second-order valence-electron chi connectivity index (χ2n) is 2.30. The van der Waals surface area contributed by atoms with Crippen LogP contribution in [0.3, 0.4) is 0 Å². The first-order chi connectivity index (χ1) is 5.75. The minimum atomic E-state index is -0.863. The number of isothiocyanates is 1. The van der Waals surface area contributed by atoms with Crippen molar-refractivity contribution in [1.29, 1.82) is 0 Å². The van der Waals surface area contributed by atoms with Crippen molar-refractivity contribution in [3.63, 3.8) is 0 Å². The third-order valence-corrected chi connectivity index (χ3v) is 2.22. The summed E-state index contributed by atoms with van der Waals surface area (Å²) in [5.41, 5.74) is -0.863. The van der Waals surface area contributed by atoms with Crippen molar-refractivity contribution in [3.8, 4) is 0 Å².